The largest absolute Gasteiger partial charge is 0.497 e. The summed E-state index contributed by atoms with van der Waals surface area (Å²) < 4.78 is 32.4. The van der Waals surface area contributed by atoms with Gasteiger partial charge >= 0.3 is 31.0 Å². The molecule has 0 bridgehead atoms. The van der Waals surface area contributed by atoms with E-state index in [1.165, 1.54) is 30.3 Å². The van der Waals surface area contributed by atoms with Crippen molar-refractivity contribution in [1.29, 1.82) is 0 Å². The van der Waals surface area contributed by atoms with Crippen molar-refractivity contribution in [2.24, 2.45) is 10.8 Å². The first-order valence-corrected chi connectivity index (χ1v) is 19.9. The van der Waals surface area contributed by atoms with Crippen molar-refractivity contribution in [3.05, 3.63) is 90.0 Å². The van der Waals surface area contributed by atoms with Crippen LogP contribution in [0.1, 0.15) is 109 Å². The van der Waals surface area contributed by atoms with Gasteiger partial charge in [-0.15, -0.1) is 0 Å². The Hall–Kier alpha value is -5.14. The van der Waals surface area contributed by atoms with Gasteiger partial charge in [0.05, 0.1) is 36.7 Å². The topological polar surface area (TPSA) is 164 Å². The highest BCUT2D eigenvalue weighted by Crippen LogP contribution is 2.28. The smallest absolute Gasteiger partial charge is 0.488 e. The summed E-state index contributed by atoms with van der Waals surface area (Å²) >= 11 is 0. The van der Waals surface area contributed by atoms with Gasteiger partial charge in [-0.05, 0) is 145 Å². The fraction of sp³-hybridized carbons (Fsp3) is 0.467. The molecule has 3 aromatic rings. The predicted molar refractivity (Wildman–Crippen MR) is 222 cm³/mol. The second kappa shape index (κ2) is 23.3. The highest BCUT2D eigenvalue weighted by Gasteiger charge is 2.32. The lowest BCUT2D eigenvalue weighted by molar-refractivity contribution is -0.164. The first-order valence-electron chi connectivity index (χ1n) is 19.9. The zero-order valence-corrected chi connectivity index (χ0v) is 34.9. The Morgan fingerprint density at radius 3 is 1.76 bits per heavy atom. The van der Waals surface area contributed by atoms with E-state index in [0.29, 0.717) is 55.0 Å². The summed E-state index contributed by atoms with van der Waals surface area (Å²) in [5.41, 5.74) is 0.676. The zero-order valence-electron chi connectivity index (χ0n) is 34.9. The molecule has 0 aromatic heterocycles. The minimum absolute atomic E-state index is 0.0758. The Morgan fingerprint density at radius 2 is 1.21 bits per heavy atom. The number of carbonyl (C=O) groups excluding carboxylic acids is 4. The molecule has 1 aliphatic rings. The van der Waals surface area contributed by atoms with Gasteiger partial charge in [0.25, 0.3) is 0 Å². The second-order valence-electron chi connectivity index (χ2n) is 15.4. The molecule has 314 valence electrons. The Balaban J connectivity index is 0.000000313. The molecule has 0 amide bonds. The molecule has 12 nitrogen and oxygen atoms in total. The Morgan fingerprint density at radius 1 is 0.690 bits per heavy atom. The van der Waals surface area contributed by atoms with E-state index in [-0.39, 0.29) is 30.1 Å². The van der Waals surface area contributed by atoms with Crippen molar-refractivity contribution in [2.75, 3.05) is 20.3 Å². The summed E-state index contributed by atoms with van der Waals surface area (Å²) in [7, 11) is 0.0447. The maximum Gasteiger partial charge on any atom is 0.488 e. The zero-order chi connectivity index (χ0) is 42.7. The van der Waals surface area contributed by atoms with E-state index >= 15 is 0 Å². The lowest BCUT2D eigenvalue weighted by Crippen LogP contribution is -2.34. The Labute approximate surface area is 343 Å². The van der Waals surface area contributed by atoms with Crippen LogP contribution >= 0.6 is 0 Å². The van der Waals surface area contributed by atoms with Gasteiger partial charge < -0.3 is 38.5 Å². The third kappa shape index (κ3) is 16.0. The highest BCUT2D eigenvalue weighted by atomic mass is 16.6. The number of hydrogen-bond acceptors (Lipinski definition) is 12. The van der Waals surface area contributed by atoms with E-state index in [2.05, 4.69) is 0 Å². The fourth-order valence-electron chi connectivity index (χ4n) is 5.27. The van der Waals surface area contributed by atoms with E-state index < -0.39 is 23.9 Å². The number of unbranched alkanes of at least 4 members (excludes halogenated alkanes) is 1. The van der Waals surface area contributed by atoms with Gasteiger partial charge in [0.1, 0.15) is 29.5 Å². The van der Waals surface area contributed by atoms with Gasteiger partial charge in [-0.2, -0.15) is 0 Å². The molecule has 0 spiro atoms. The summed E-state index contributed by atoms with van der Waals surface area (Å²) in [5, 5.41) is 18.2. The van der Waals surface area contributed by atoms with Crippen molar-refractivity contribution < 1.29 is 57.6 Å². The van der Waals surface area contributed by atoms with Gasteiger partial charge in [0.2, 0.25) is 0 Å². The number of methoxy groups -OCH3 is 1. The predicted octanol–water partition coefficient (Wildman–Crippen LogP) is 7.27. The average Bonchev–Trinajstić information content (AvgIpc) is 3.22. The van der Waals surface area contributed by atoms with Crippen LogP contribution in [0, 0.1) is 10.8 Å². The van der Waals surface area contributed by atoms with Crippen LogP contribution in [0.3, 0.4) is 0 Å². The molecule has 0 saturated heterocycles. The van der Waals surface area contributed by atoms with E-state index in [9.17, 15) is 19.2 Å². The van der Waals surface area contributed by atoms with Crippen LogP contribution in [0.5, 0.6) is 17.2 Å². The molecule has 0 atom stereocenters. The van der Waals surface area contributed by atoms with Gasteiger partial charge in [-0.25, -0.2) is 9.59 Å². The van der Waals surface area contributed by atoms with Gasteiger partial charge in [-0.1, -0.05) is 38.1 Å². The second-order valence-corrected chi connectivity index (χ2v) is 15.4. The lowest BCUT2D eigenvalue weighted by Gasteiger charge is -2.30. The lowest BCUT2D eigenvalue weighted by atomic mass is 9.80. The van der Waals surface area contributed by atoms with Crippen LogP contribution < -0.4 is 19.7 Å². The first kappa shape index (κ1) is 47.2. The van der Waals surface area contributed by atoms with E-state index in [1.807, 2.05) is 65.8 Å². The molecule has 0 aliphatic heterocycles. The van der Waals surface area contributed by atoms with Crippen molar-refractivity contribution in [1.82, 2.24) is 0 Å². The molecule has 0 heterocycles. The van der Waals surface area contributed by atoms with Gasteiger partial charge in [-0.3, -0.25) is 9.59 Å². The van der Waals surface area contributed by atoms with Crippen molar-refractivity contribution in [2.45, 2.75) is 105 Å². The third-order valence-electron chi connectivity index (χ3n) is 10.1. The summed E-state index contributed by atoms with van der Waals surface area (Å²) in [6, 6.07) is 19.9. The third-order valence-corrected chi connectivity index (χ3v) is 10.1. The van der Waals surface area contributed by atoms with Crippen LogP contribution in [0.2, 0.25) is 0 Å². The van der Waals surface area contributed by atoms with E-state index in [1.54, 1.807) is 37.5 Å². The molecule has 3 aromatic carbocycles. The highest BCUT2D eigenvalue weighted by molar-refractivity contribution is 6.58. The maximum atomic E-state index is 12.2. The molecule has 0 unspecified atom stereocenters. The molecular weight excluding hydrogens is 743 g/mol. The Kier molecular flexibility index (Phi) is 19.0. The van der Waals surface area contributed by atoms with Crippen LogP contribution in [-0.2, 0) is 28.6 Å². The molecule has 1 saturated carbocycles. The van der Waals surface area contributed by atoms with Crippen LogP contribution in [0.25, 0.3) is 6.08 Å². The monoisotopic (exact) mass is 802 g/mol. The van der Waals surface area contributed by atoms with Crippen LogP contribution in [0.15, 0.2) is 78.9 Å². The molecular formula is C45H59BO12. The molecule has 1 aliphatic carbocycles. The van der Waals surface area contributed by atoms with Gasteiger partial charge in [0, 0.05) is 6.08 Å². The average molecular weight is 803 g/mol. The number of carbonyl (C=O) groups is 4. The first-order chi connectivity index (χ1) is 27.6. The van der Waals surface area contributed by atoms with E-state index in [4.69, 9.17) is 38.5 Å². The van der Waals surface area contributed by atoms with Crippen LogP contribution in [0.4, 0.5) is 0 Å². The summed E-state index contributed by atoms with van der Waals surface area (Å²) in [4.78, 5) is 48.3. The van der Waals surface area contributed by atoms with Crippen LogP contribution in [-0.4, -0.2) is 73.6 Å². The van der Waals surface area contributed by atoms with E-state index in [0.717, 1.165) is 43.4 Å². The molecule has 2 N–H and O–H groups in total. The van der Waals surface area contributed by atoms with Crippen molar-refractivity contribution in [3.8, 4) is 17.2 Å². The molecule has 0 radical (unpaired) electrons. The number of hydrogen-bond donors (Lipinski definition) is 2. The fourth-order valence-corrected chi connectivity index (χ4v) is 5.27. The quantitative estimate of drug-likeness (QED) is 0.0331. The summed E-state index contributed by atoms with van der Waals surface area (Å²) in [6.07, 6.45) is 8.79. The summed E-state index contributed by atoms with van der Waals surface area (Å²) in [6.45, 7) is 12.3. The normalized spacial score (nSPS) is 15.3. The molecule has 13 heteroatoms. The number of benzene rings is 3. The minimum atomic E-state index is -1.57. The molecule has 1 fully saturated rings. The summed E-state index contributed by atoms with van der Waals surface area (Å²) in [5.74, 6) is 0.501. The van der Waals surface area contributed by atoms with Crippen molar-refractivity contribution >= 4 is 42.5 Å². The molecule has 4 rings (SSSR count). The standard InChI is InChI=1S/C23H29BO7.C22H30O5/c1-4-23(2,3)22(26)30-16-6-5-15-29-19-11-7-17(8-12-19)21(25)31-20-13-9-18(10-14-20)24(27)28;1-5-22(2,3)21(24)27-19-13-11-18(12-14-19)26-20(23)15-8-16-6-9-17(25-4)10-7-16/h7-14,27-28H,4-6,15-16H2,1-3H3;6-10,15,18-19H,5,11-14H2,1-4H3/b;15-8+. The maximum absolute atomic E-state index is 12.2. The number of ether oxygens (including phenoxy) is 6. The van der Waals surface area contributed by atoms with Gasteiger partial charge in [0.15, 0.2) is 0 Å². The minimum Gasteiger partial charge on any atom is -0.497 e. The Bertz CT molecular complexity index is 1760. The van der Waals surface area contributed by atoms with Crippen molar-refractivity contribution in [3.63, 3.8) is 0 Å². The number of rotatable bonds is 18. The SMILES string of the molecule is CCC(C)(C)C(=O)OC1CCC(OC(=O)/C=C/c2ccc(OC)cc2)CC1.CCC(C)(C)C(=O)OCCCCOc1ccc(C(=O)Oc2ccc(B(O)O)cc2)cc1. The molecule has 58 heavy (non-hydrogen) atoms. The number of esters is 4.